The number of nitrogens with one attached hydrogen (secondary N) is 2. The van der Waals surface area contributed by atoms with Gasteiger partial charge in [0.15, 0.2) is 5.78 Å². The molecule has 0 saturated carbocycles. The molecule has 1 aromatic carbocycles. The Hall–Kier alpha value is -1.44. The van der Waals surface area contributed by atoms with Gasteiger partial charge in [0.25, 0.3) is 0 Å². The molecule has 126 valence electrons. The Kier molecular flexibility index (Phi) is 7.01. The third-order valence-electron chi connectivity index (χ3n) is 3.64. The zero-order chi connectivity index (χ0) is 16.7. The van der Waals surface area contributed by atoms with E-state index in [2.05, 4.69) is 14.7 Å². The number of H-pyrrole nitrogens is 1. The zero-order valence-electron chi connectivity index (χ0n) is 13.2. The molecule has 7 heteroatoms. The van der Waals surface area contributed by atoms with Crippen molar-refractivity contribution in [2.75, 3.05) is 12.9 Å². The molecule has 0 aliphatic rings. The number of carbonyl (C=O) groups is 1. The number of nitrogens with zero attached hydrogens (tertiary/aromatic N) is 1. The Bertz CT molecular complexity index is 600. The summed E-state index contributed by atoms with van der Waals surface area (Å²) in [7, 11) is 0. The number of carbonyl (C=O) groups excluding carboxylic acids is 1. The lowest BCUT2D eigenvalue weighted by Gasteiger charge is -2.16. The maximum absolute atomic E-state index is 12.1. The number of Topliss-reactive ketones (excluding diaryl/α,β-unsaturated/α-hetero) is 1. The summed E-state index contributed by atoms with van der Waals surface area (Å²) < 4.78 is 26.6. The average molecular weight is 339 g/mol. The lowest BCUT2D eigenvalue weighted by molar-refractivity contribution is -0.120. The number of aromatic nitrogens is 2. The van der Waals surface area contributed by atoms with Crippen molar-refractivity contribution in [3.8, 4) is 0 Å². The predicted octanol–water partition coefficient (Wildman–Crippen LogP) is 2.98. The van der Waals surface area contributed by atoms with Crippen LogP contribution in [-0.4, -0.2) is 33.2 Å². The lowest BCUT2D eigenvalue weighted by atomic mass is 10.1. The van der Waals surface area contributed by atoms with Crippen LogP contribution in [0.3, 0.4) is 0 Å². The summed E-state index contributed by atoms with van der Waals surface area (Å²) in [6.07, 6.45) is 5.01. The van der Waals surface area contributed by atoms with Crippen molar-refractivity contribution in [3.05, 3.63) is 30.1 Å². The van der Waals surface area contributed by atoms with Crippen LogP contribution in [0.2, 0.25) is 0 Å². The van der Waals surface area contributed by atoms with Crippen LogP contribution in [0.5, 0.6) is 0 Å². The second-order valence-corrected chi connectivity index (χ2v) is 6.68. The molecular formula is C16H22FN3O2S. The van der Waals surface area contributed by atoms with Crippen LogP contribution < -0.4 is 4.72 Å². The first-order valence-electron chi connectivity index (χ1n) is 7.72. The highest BCUT2D eigenvalue weighted by Crippen LogP contribution is 2.21. The number of unbranched alkanes of at least 4 members (excludes halogenated alkanes) is 2. The fourth-order valence-electron chi connectivity index (χ4n) is 2.50. The van der Waals surface area contributed by atoms with Crippen LogP contribution >= 0.6 is 0 Å². The number of hydrogen-bond acceptors (Lipinski definition) is 4. The molecule has 0 radical (unpaired) electrons. The first-order valence-corrected chi connectivity index (χ1v) is 9.28. The minimum absolute atomic E-state index is 0.134. The van der Waals surface area contributed by atoms with Gasteiger partial charge in [-0.1, -0.05) is 25.0 Å². The lowest BCUT2D eigenvalue weighted by Crippen LogP contribution is -2.28. The van der Waals surface area contributed by atoms with Crippen LogP contribution in [0.25, 0.3) is 11.0 Å². The highest BCUT2D eigenvalue weighted by molar-refractivity contribution is 7.88. The summed E-state index contributed by atoms with van der Waals surface area (Å²) in [5.74, 6) is 0.424. The molecular weight excluding hydrogens is 317 g/mol. The first kappa shape index (κ1) is 17.9. The normalized spacial score (nSPS) is 14.0. The Morgan fingerprint density at radius 3 is 2.87 bits per heavy atom. The van der Waals surface area contributed by atoms with Crippen molar-refractivity contribution in [2.45, 2.75) is 38.1 Å². The second kappa shape index (κ2) is 9.00. The fraction of sp³-hybridized carbons (Fsp3) is 0.500. The van der Waals surface area contributed by atoms with E-state index in [-0.39, 0.29) is 11.8 Å². The van der Waals surface area contributed by atoms with E-state index in [1.54, 1.807) is 6.26 Å². The van der Waals surface area contributed by atoms with Crippen molar-refractivity contribution in [1.82, 2.24) is 14.7 Å². The van der Waals surface area contributed by atoms with Gasteiger partial charge in [-0.15, -0.1) is 4.72 Å². The van der Waals surface area contributed by atoms with Crippen molar-refractivity contribution in [3.63, 3.8) is 0 Å². The van der Waals surface area contributed by atoms with E-state index >= 15 is 0 Å². The molecule has 1 aromatic heterocycles. The Balaban J connectivity index is 1.92. The maximum Gasteiger partial charge on any atom is 0.163 e. The molecule has 0 fully saturated rings. The molecule has 1 heterocycles. The summed E-state index contributed by atoms with van der Waals surface area (Å²) in [6.45, 7) is -0.877. The monoisotopic (exact) mass is 339 g/mol. The number of halogens is 1. The quantitative estimate of drug-likeness (QED) is 0.515. The largest absolute Gasteiger partial charge is 0.598 e. The SMILES string of the molecule is C[S+]([O-])N[C@@H](CCCCCC(=O)CF)c1nc2ccccc2[nH]1. The molecule has 5 nitrogen and oxygen atoms in total. The standard InChI is InChI=1S/C16H22FN3O2S/c1-23(22)20-15(10-4-2-3-7-12(21)11-17)16-18-13-8-5-6-9-14(13)19-16/h5-6,8-9,15,20H,2-4,7,10-11H2,1H3,(H,18,19)/t15-,23?/m0/s1. The molecule has 2 N–H and O–H groups in total. The van der Waals surface area contributed by atoms with Gasteiger partial charge in [0, 0.05) is 17.8 Å². The number of aromatic amines is 1. The third kappa shape index (κ3) is 5.60. The molecule has 0 aliphatic carbocycles. The smallest absolute Gasteiger partial charge is 0.163 e. The molecule has 2 atom stereocenters. The van der Waals surface area contributed by atoms with Gasteiger partial charge in [-0.2, -0.15) is 0 Å². The fourth-order valence-corrected chi connectivity index (χ4v) is 3.13. The van der Waals surface area contributed by atoms with E-state index in [0.29, 0.717) is 12.8 Å². The van der Waals surface area contributed by atoms with Gasteiger partial charge in [-0.25, -0.2) is 9.37 Å². The van der Waals surface area contributed by atoms with Gasteiger partial charge in [-0.3, -0.25) is 4.79 Å². The Labute approximate surface area is 138 Å². The van der Waals surface area contributed by atoms with Crippen LogP contribution in [0.1, 0.15) is 44.0 Å². The molecule has 0 saturated heterocycles. The van der Waals surface area contributed by atoms with Crippen molar-refractivity contribution in [1.29, 1.82) is 0 Å². The van der Waals surface area contributed by atoms with Gasteiger partial charge in [0.1, 0.15) is 24.8 Å². The number of benzene rings is 1. The van der Waals surface area contributed by atoms with Gasteiger partial charge in [-0.05, 0) is 25.0 Å². The number of fused-ring (bicyclic) bond motifs is 1. The molecule has 0 spiro atoms. The van der Waals surface area contributed by atoms with Crippen molar-refractivity contribution < 1.29 is 13.7 Å². The van der Waals surface area contributed by atoms with Gasteiger partial charge < -0.3 is 9.54 Å². The van der Waals surface area contributed by atoms with Crippen molar-refractivity contribution >= 4 is 28.2 Å². The van der Waals surface area contributed by atoms with Gasteiger partial charge >= 0.3 is 0 Å². The topological polar surface area (TPSA) is 80.8 Å². The minimum atomic E-state index is -1.15. The summed E-state index contributed by atoms with van der Waals surface area (Å²) in [5.41, 5.74) is 1.83. The maximum atomic E-state index is 12.1. The molecule has 0 amide bonds. The van der Waals surface area contributed by atoms with E-state index < -0.39 is 18.0 Å². The summed E-state index contributed by atoms with van der Waals surface area (Å²) >= 11 is -1.15. The molecule has 23 heavy (non-hydrogen) atoms. The second-order valence-electron chi connectivity index (χ2n) is 5.54. The van der Waals surface area contributed by atoms with E-state index in [1.807, 2.05) is 24.3 Å². The highest BCUT2D eigenvalue weighted by atomic mass is 32.2. The van der Waals surface area contributed by atoms with Crippen LogP contribution in [0.4, 0.5) is 4.39 Å². The van der Waals surface area contributed by atoms with Gasteiger partial charge in [0.2, 0.25) is 0 Å². The molecule has 0 aliphatic heterocycles. The van der Waals surface area contributed by atoms with Crippen LogP contribution in [-0.2, 0) is 16.2 Å². The number of imidazole rings is 1. The van der Waals surface area contributed by atoms with Crippen LogP contribution in [0.15, 0.2) is 24.3 Å². The number of hydrogen-bond donors (Lipinski definition) is 2. The molecule has 2 aromatic rings. The first-order chi connectivity index (χ1) is 11.1. The molecule has 1 unspecified atom stereocenters. The summed E-state index contributed by atoms with van der Waals surface area (Å²) in [5, 5.41) is 0. The van der Waals surface area contributed by atoms with E-state index in [1.165, 1.54) is 0 Å². The number of ketones is 1. The summed E-state index contributed by atoms with van der Waals surface area (Å²) in [4.78, 5) is 18.7. The van der Waals surface area contributed by atoms with E-state index in [4.69, 9.17) is 0 Å². The Morgan fingerprint density at radius 2 is 2.17 bits per heavy atom. The van der Waals surface area contributed by atoms with Crippen LogP contribution in [0, 0.1) is 0 Å². The third-order valence-corrected chi connectivity index (χ3v) is 4.26. The predicted molar refractivity (Wildman–Crippen MR) is 90.1 cm³/mol. The van der Waals surface area contributed by atoms with Gasteiger partial charge in [0.05, 0.1) is 11.0 Å². The zero-order valence-corrected chi connectivity index (χ0v) is 14.0. The highest BCUT2D eigenvalue weighted by Gasteiger charge is 2.19. The van der Waals surface area contributed by atoms with E-state index in [9.17, 15) is 13.7 Å². The number of alkyl halides is 1. The molecule has 2 rings (SSSR count). The van der Waals surface area contributed by atoms with Crippen molar-refractivity contribution in [2.24, 2.45) is 0 Å². The number of rotatable bonds is 10. The summed E-state index contributed by atoms with van der Waals surface area (Å²) in [6, 6.07) is 7.61. The minimum Gasteiger partial charge on any atom is -0.598 e. The number of para-hydroxylation sites is 2. The van der Waals surface area contributed by atoms with E-state index in [0.717, 1.165) is 36.1 Å². The molecule has 0 bridgehead atoms. The average Bonchev–Trinajstić information content (AvgIpc) is 2.96. The Morgan fingerprint density at radius 1 is 1.39 bits per heavy atom.